The summed E-state index contributed by atoms with van der Waals surface area (Å²) in [6.45, 7) is 1.40. The van der Waals surface area contributed by atoms with Crippen LogP contribution in [0, 0.1) is 0 Å². The van der Waals surface area contributed by atoms with Crippen LogP contribution in [0.3, 0.4) is 0 Å². The molecule has 0 aliphatic carbocycles. The number of carbonyl (C=O) groups excluding carboxylic acids is 2. The zero-order chi connectivity index (χ0) is 29.2. The number of aromatic nitrogens is 2. The molecule has 1 aliphatic rings. The molecule has 0 atom stereocenters. The number of fused-ring (bicyclic) bond motifs is 1. The second-order valence-corrected chi connectivity index (χ2v) is 11.0. The van der Waals surface area contributed by atoms with E-state index >= 15 is 0 Å². The molecule has 3 aromatic heterocycles. The number of methoxy groups -OCH3 is 1. The molecule has 10 nitrogen and oxygen atoms in total. The van der Waals surface area contributed by atoms with Crippen molar-refractivity contribution >= 4 is 45.0 Å². The van der Waals surface area contributed by atoms with Crippen molar-refractivity contribution in [2.24, 2.45) is 0 Å². The maximum absolute atomic E-state index is 13.4. The van der Waals surface area contributed by atoms with Crippen LogP contribution in [-0.4, -0.2) is 71.1 Å². The van der Waals surface area contributed by atoms with E-state index in [1.54, 1.807) is 40.1 Å². The summed E-state index contributed by atoms with van der Waals surface area (Å²) < 4.78 is 18.5. The monoisotopic (exact) mass is 604 g/mol. The number of ether oxygens (including phenoxy) is 2. The fourth-order valence-corrected chi connectivity index (χ4v) is 5.90. The van der Waals surface area contributed by atoms with Crippen LogP contribution in [0.4, 0.5) is 0 Å². The minimum atomic E-state index is -0.208. The zero-order valence-electron chi connectivity index (χ0n) is 22.5. The number of piperazine rings is 1. The summed E-state index contributed by atoms with van der Waals surface area (Å²) in [5.41, 5.74) is 1.91. The number of furan rings is 1. The third-order valence-corrected chi connectivity index (χ3v) is 8.41. The molecule has 42 heavy (non-hydrogen) atoms. The molecule has 0 spiro atoms. The summed E-state index contributed by atoms with van der Waals surface area (Å²) in [6.07, 6.45) is 2.94. The number of hydrogen-bond acceptors (Lipinski definition) is 8. The Balaban J connectivity index is 1.13. The van der Waals surface area contributed by atoms with Crippen molar-refractivity contribution < 1.29 is 23.5 Å². The van der Waals surface area contributed by atoms with Gasteiger partial charge in [-0.25, -0.2) is 4.98 Å². The van der Waals surface area contributed by atoms with Crippen LogP contribution in [0.1, 0.15) is 10.6 Å². The van der Waals surface area contributed by atoms with Gasteiger partial charge in [-0.05, 0) is 48.0 Å². The molecule has 2 amide bonds. The molecular weight excluding hydrogens is 580 g/mol. The third-order valence-electron chi connectivity index (χ3n) is 6.99. The summed E-state index contributed by atoms with van der Waals surface area (Å²) in [5.74, 6) is 0.623. The van der Waals surface area contributed by atoms with Crippen LogP contribution in [0.5, 0.6) is 11.5 Å². The van der Waals surface area contributed by atoms with Gasteiger partial charge in [-0.2, -0.15) is 0 Å². The Labute approximate surface area is 249 Å². The van der Waals surface area contributed by atoms with Crippen molar-refractivity contribution in [3.63, 3.8) is 0 Å². The van der Waals surface area contributed by atoms with E-state index in [4.69, 9.17) is 25.5 Å². The highest BCUT2D eigenvalue weighted by Crippen LogP contribution is 2.33. The van der Waals surface area contributed by atoms with Crippen LogP contribution in [-0.2, 0) is 4.79 Å². The second-order valence-electron chi connectivity index (χ2n) is 9.53. The maximum atomic E-state index is 13.4. The van der Waals surface area contributed by atoms with E-state index in [0.29, 0.717) is 58.6 Å². The molecule has 1 fully saturated rings. The fourth-order valence-electron chi connectivity index (χ4n) is 4.72. The minimum absolute atomic E-state index is 0.192. The minimum Gasteiger partial charge on any atom is -0.493 e. The standard InChI is InChI=1S/C30H25ClN4O6S/c1-39-25-15-21(35-18-32-22-16-26(42-28(22)30(35)38)19-4-6-20(31)7-5-19)8-9-23(25)41-17-27(36)33-10-12-34(13-11-33)29(37)24-3-2-14-40-24/h2-9,14-16,18H,10-13,17H2,1H3. The lowest BCUT2D eigenvalue weighted by Crippen LogP contribution is -2.51. The van der Waals surface area contributed by atoms with Crippen LogP contribution in [0.2, 0.25) is 5.02 Å². The van der Waals surface area contributed by atoms with Crippen LogP contribution in [0.15, 0.2) is 82.5 Å². The molecular formula is C30H25ClN4O6S. The van der Waals surface area contributed by atoms with E-state index in [-0.39, 0.29) is 29.7 Å². The molecule has 1 saturated heterocycles. The lowest BCUT2D eigenvalue weighted by molar-refractivity contribution is -0.134. The molecule has 1 aliphatic heterocycles. The Morgan fingerprint density at radius 2 is 1.76 bits per heavy atom. The Morgan fingerprint density at radius 3 is 2.48 bits per heavy atom. The molecule has 0 unspecified atom stereocenters. The zero-order valence-corrected chi connectivity index (χ0v) is 24.1. The Bertz CT molecular complexity index is 1810. The number of hydrogen-bond donors (Lipinski definition) is 0. The fraction of sp³-hybridized carbons (Fsp3) is 0.200. The van der Waals surface area contributed by atoms with E-state index in [1.807, 2.05) is 30.3 Å². The first-order chi connectivity index (χ1) is 20.4. The maximum Gasteiger partial charge on any atom is 0.289 e. The van der Waals surface area contributed by atoms with Crippen molar-refractivity contribution in [2.75, 3.05) is 39.9 Å². The normalized spacial score (nSPS) is 13.4. The molecule has 4 heterocycles. The van der Waals surface area contributed by atoms with Gasteiger partial charge in [0, 0.05) is 42.1 Å². The summed E-state index contributed by atoms with van der Waals surface area (Å²) in [7, 11) is 1.49. The molecule has 0 bridgehead atoms. The van der Waals surface area contributed by atoms with E-state index in [0.717, 1.165) is 10.4 Å². The first-order valence-corrected chi connectivity index (χ1v) is 14.3. The van der Waals surface area contributed by atoms with Gasteiger partial charge in [0.1, 0.15) is 11.0 Å². The lowest BCUT2D eigenvalue weighted by Gasteiger charge is -2.34. The van der Waals surface area contributed by atoms with Crippen molar-refractivity contribution in [1.29, 1.82) is 0 Å². The van der Waals surface area contributed by atoms with Gasteiger partial charge < -0.3 is 23.7 Å². The third kappa shape index (κ3) is 5.48. The number of benzene rings is 2. The summed E-state index contributed by atoms with van der Waals surface area (Å²) in [5, 5.41) is 0.642. The Morgan fingerprint density at radius 1 is 1.00 bits per heavy atom. The largest absolute Gasteiger partial charge is 0.493 e. The van der Waals surface area contributed by atoms with Crippen molar-refractivity contribution in [2.45, 2.75) is 0 Å². The predicted octanol–water partition coefficient (Wildman–Crippen LogP) is 4.73. The highest BCUT2D eigenvalue weighted by Gasteiger charge is 2.26. The average Bonchev–Trinajstić information content (AvgIpc) is 3.72. The van der Waals surface area contributed by atoms with E-state index in [2.05, 4.69) is 4.98 Å². The molecule has 12 heteroatoms. The van der Waals surface area contributed by atoms with E-state index in [9.17, 15) is 14.4 Å². The average molecular weight is 605 g/mol. The van der Waals surface area contributed by atoms with Crippen LogP contribution in [0.25, 0.3) is 26.3 Å². The van der Waals surface area contributed by atoms with E-state index < -0.39 is 0 Å². The highest BCUT2D eigenvalue weighted by molar-refractivity contribution is 7.22. The molecule has 0 radical (unpaired) electrons. The predicted molar refractivity (Wildman–Crippen MR) is 159 cm³/mol. The van der Waals surface area contributed by atoms with Crippen molar-refractivity contribution in [3.8, 4) is 27.6 Å². The van der Waals surface area contributed by atoms with Crippen LogP contribution < -0.4 is 15.0 Å². The number of thiophene rings is 1. The number of amides is 2. The van der Waals surface area contributed by atoms with Gasteiger partial charge in [0.2, 0.25) is 0 Å². The van der Waals surface area contributed by atoms with Crippen molar-refractivity contribution in [3.05, 3.63) is 94.4 Å². The molecule has 0 N–H and O–H groups in total. The van der Waals surface area contributed by atoms with Crippen LogP contribution >= 0.6 is 22.9 Å². The highest BCUT2D eigenvalue weighted by atomic mass is 35.5. The lowest BCUT2D eigenvalue weighted by atomic mass is 10.2. The number of halogens is 1. The second kappa shape index (κ2) is 11.7. The van der Waals surface area contributed by atoms with Crippen molar-refractivity contribution in [1.82, 2.24) is 19.4 Å². The van der Waals surface area contributed by atoms with Gasteiger partial charge in [-0.15, -0.1) is 11.3 Å². The molecule has 214 valence electrons. The smallest absolute Gasteiger partial charge is 0.289 e. The number of nitrogens with zero attached hydrogens (tertiary/aromatic N) is 4. The number of rotatable bonds is 7. The quantitative estimate of drug-likeness (QED) is 0.264. The summed E-state index contributed by atoms with van der Waals surface area (Å²) >= 11 is 7.38. The molecule has 6 rings (SSSR count). The Kier molecular flexibility index (Phi) is 7.68. The van der Waals surface area contributed by atoms with Gasteiger partial charge in [-0.3, -0.25) is 19.0 Å². The van der Waals surface area contributed by atoms with Gasteiger partial charge in [0.05, 0.1) is 24.6 Å². The summed E-state index contributed by atoms with van der Waals surface area (Å²) in [4.78, 5) is 47.4. The first-order valence-electron chi connectivity index (χ1n) is 13.1. The topological polar surface area (TPSA) is 107 Å². The first kappa shape index (κ1) is 27.6. The molecule has 0 saturated carbocycles. The molecule has 2 aromatic carbocycles. The number of carbonyl (C=O) groups is 2. The van der Waals surface area contributed by atoms with E-state index in [1.165, 1.54) is 35.6 Å². The molecule has 5 aromatic rings. The van der Waals surface area contributed by atoms with Gasteiger partial charge >= 0.3 is 0 Å². The SMILES string of the molecule is COc1cc(-n2cnc3cc(-c4ccc(Cl)cc4)sc3c2=O)ccc1OCC(=O)N1CCN(C(=O)c2ccco2)CC1. The summed E-state index contributed by atoms with van der Waals surface area (Å²) in [6, 6.07) is 17.6. The van der Waals surface area contributed by atoms with Gasteiger partial charge in [-0.1, -0.05) is 23.7 Å². The van der Waals surface area contributed by atoms with Gasteiger partial charge in [0.15, 0.2) is 23.9 Å². The Hall–Kier alpha value is -4.61. The van der Waals surface area contributed by atoms with Gasteiger partial charge in [0.25, 0.3) is 17.4 Å².